The lowest BCUT2D eigenvalue weighted by Crippen LogP contribution is -2.30. The molecule has 2 aromatic rings. The van der Waals surface area contributed by atoms with Crippen LogP contribution in [0.15, 0.2) is 36.4 Å². The van der Waals surface area contributed by atoms with Gasteiger partial charge in [0.1, 0.15) is 11.6 Å². The zero-order valence-electron chi connectivity index (χ0n) is 14.0. The van der Waals surface area contributed by atoms with Crippen molar-refractivity contribution >= 4 is 23.4 Å². The van der Waals surface area contributed by atoms with Crippen LogP contribution in [0.25, 0.3) is 0 Å². The number of rotatable bonds is 5. The van der Waals surface area contributed by atoms with E-state index in [0.29, 0.717) is 19.0 Å². The van der Waals surface area contributed by atoms with E-state index in [1.807, 2.05) is 6.92 Å². The van der Waals surface area contributed by atoms with Gasteiger partial charge in [-0.15, -0.1) is 0 Å². The van der Waals surface area contributed by atoms with Crippen molar-refractivity contribution in [2.75, 3.05) is 11.9 Å². The Bertz CT molecular complexity index is 912. The highest BCUT2D eigenvalue weighted by Gasteiger charge is 2.35. The number of carbonyl (C=O) groups is 3. The molecule has 2 aromatic carbocycles. The Morgan fingerprint density at radius 2 is 1.77 bits per heavy atom. The van der Waals surface area contributed by atoms with Gasteiger partial charge >= 0.3 is 0 Å². The Morgan fingerprint density at radius 3 is 2.46 bits per heavy atom. The summed E-state index contributed by atoms with van der Waals surface area (Å²) in [7, 11) is 0. The quantitative estimate of drug-likeness (QED) is 0.831. The van der Waals surface area contributed by atoms with E-state index in [0.717, 1.165) is 23.5 Å². The summed E-state index contributed by atoms with van der Waals surface area (Å²) in [6.45, 7) is 2.28. The van der Waals surface area contributed by atoms with Gasteiger partial charge in [-0.25, -0.2) is 8.78 Å². The number of hydrogen-bond donors (Lipinski definition) is 1. The average Bonchev–Trinajstić information content (AvgIpc) is 2.86. The highest BCUT2D eigenvalue weighted by molar-refractivity contribution is 6.22. The first-order valence-corrected chi connectivity index (χ1v) is 8.19. The molecule has 7 heteroatoms. The fourth-order valence-electron chi connectivity index (χ4n) is 2.74. The molecule has 1 N–H and O–H groups in total. The number of hydrogen-bond acceptors (Lipinski definition) is 3. The molecule has 0 bridgehead atoms. The Morgan fingerprint density at radius 1 is 1.04 bits per heavy atom. The summed E-state index contributed by atoms with van der Waals surface area (Å²) < 4.78 is 26.6. The Hall–Kier alpha value is -3.09. The van der Waals surface area contributed by atoms with Crippen molar-refractivity contribution in [2.45, 2.75) is 19.8 Å². The van der Waals surface area contributed by atoms with Gasteiger partial charge in [-0.3, -0.25) is 19.3 Å². The predicted molar refractivity (Wildman–Crippen MR) is 91.0 cm³/mol. The van der Waals surface area contributed by atoms with Gasteiger partial charge in [0.25, 0.3) is 17.7 Å². The van der Waals surface area contributed by atoms with Gasteiger partial charge < -0.3 is 5.32 Å². The van der Waals surface area contributed by atoms with Gasteiger partial charge in [-0.05, 0) is 36.8 Å². The SMILES string of the molecule is CCCCN1C(=O)c2ccc(C(=O)Nc3ccc(F)cc3F)cc2C1=O. The molecular weight excluding hydrogens is 342 g/mol. The summed E-state index contributed by atoms with van der Waals surface area (Å²) in [6.07, 6.45) is 1.53. The summed E-state index contributed by atoms with van der Waals surface area (Å²) in [4.78, 5) is 38.2. The fraction of sp³-hybridized carbons (Fsp3) is 0.211. The van der Waals surface area contributed by atoms with E-state index in [1.54, 1.807) is 0 Å². The van der Waals surface area contributed by atoms with Gasteiger partial charge in [0.05, 0.1) is 16.8 Å². The maximum absolute atomic E-state index is 13.7. The summed E-state index contributed by atoms with van der Waals surface area (Å²) in [5.41, 5.74) is 0.323. The number of amides is 3. The van der Waals surface area contributed by atoms with Crippen molar-refractivity contribution in [2.24, 2.45) is 0 Å². The van der Waals surface area contributed by atoms with Crippen LogP contribution in [-0.2, 0) is 0 Å². The number of fused-ring (bicyclic) bond motifs is 1. The molecule has 0 fully saturated rings. The molecule has 0 atom stereocenters. The van der Waals surface area contributed by atoms with Crippen molar-refractivity contribution in [1.82, 2.24) is 4.90 Å². The number of benzene rings is 2. The number of imide groups is 1. The van der Waals surface area contributed by atoms with Gasteiger partial charge in [0.15, 0.2) is 0 Å². The highest BCUT2D eigenvalue weighted by Crippen LogP contribution is 2.25. The van der Waals surface area contributed by atoms with E-state index in [9.17, 15) is 23.2 Å². The van der Waals surface area contributed by atoms with Crippen LogP contribution in [0.4, 0.5) is 14.5 Å². The van der Waals surface area contributed by atoms with Crippen molar-refractivity contribution in [3.63, 3.8) is 0 Å². The second kappa shape index (κ2) is 7.03. The fourth-order valence-corrected chi connectivity index (χ4v) is 2.74. The van der Waals surface area contributed by atoms with Crippen LogP contribution in [0.3, 0.4) is 0 Å². The zero-order chi connectivity index (χ0) is 18.8. The summed E-state index contributed by atoms with van der Waals surface area (Å²) in [5.74, 6) is -3.15. The van der Waals surface area contributed by atoms with E-state index in [-0.39, 0.29) is 28.3 Å². The van der Waals surface area contributed by atoms with E-state index >= 15 is 0 Å². The molecule has 0 saturated carbocycles. The minimum absolute atomic E-state index is 0.103. The maximum atomic E-state index is 13.7. The maximum Gasteiger partial charge on any atom is 0.261 e. The number of nitrogens with zero attached hydrogens (tertiary/aromatic N) is 1. The van der Waals surface area contributed by atoms with E-state index in [4.69, 9.17) is 0 Å². The smallest absolute Gasteiger partial charge is 0.261 e. The minimum Gasteiger partial charge on any atom is -0.319 e. The third-order valence-electron chi connectivity index (χ3n) is 4.15. The molecule has 26 heavy (non-hydrogen) atoms. The van der Waals surface area contributed by atoms with E-state index < -0.39 is 23.4 Å². The van der Waals surface area contributed by atoms with Gasteiger partial charge in [0.2, 0.25) is 0 Å². The molecule has 5 nitrogen and oxygen atoms in total. The van der Waals surface area contributed by atoms with Crippen molar-refractivity contribution in [3.8, 4) is 0 Å². The van der Waals surface area contributed by atoms with Crippen LogP contribution in [-0.4, -0.2) is 29.2 Å². The Labute approximate surface area is 148 Å². The molecule has 0 aliphatic carbocycles. The molecule has 0 radical (unpaired) electrons. The second-order valence-corrected chi connectivity index (χ2v) is 5.95. The molecule has 134 valence electrons. The molecule has 1 aliphatic heterocycles. The minimum atomic E-state index is -0.906. The lowest BCUT2D eigenvalue weighted by molar-refractivity contribution is 0.0652. The molecule has 0 aromatic heterocycles. The third kappa shape index (κ3) is 3.20. The zero-order valence-corrected chi connectivity index (χ0v) is 14.0. The largest absolute Gasteiger partial charge is 0.319 e. The molecule has 3 amide bonds. The standard InChI is InChI=1S/C19H16F2N2O3/c1-2-3-8-23-18(25)13-6-4-11(9-14(13)19(23)26)17(24)22-16-7-5-12(20)10-15(16)21/h4-7,9-10H,2-3,8H2,1H3,(H,22,24). The second-order valence-electron chi connectivity index (χ2n) is 5.95. The summed E-state index contributed by atoms with van der Waals surface area (Å²) >= 11 is 0. The average molecular weight is 358 g/mol. The van der Waals surface area contributed by atoms with Crippen LogP contribution in [0.5, 0.6) is 0 Å². The van der Waals surface area contributed by atoms with Crippen molar-refractivity contribution in [3.05, 3.63) is 64.7 Å². The number of unbranched alkanes of at least 4 members (excludes halogenated alkanes) is 1. The van der Waals surface area contributed by atoms with E-state index in [1.165, 1.54) is 18.2 Å². The molecule has 3 rings (SSSR count). The summed E-state index contributed by atoms with van der Waals surface area (Å²) in [6, 6.07) is 6.91. The van der Waals surface area contributed by atoms with Gasteiger partial charge in [0, 0.05) is 18.2 Å². The number of halogens is 2. The monoisotopic (exact) mass is 358 g/mol. The molecule has 1 aliphatic rings. The topological polar surface area (TPSA) is 66.5 Å². The first-order valence-electron chi connectivity index (χ1n) is 8.19. The van der Waals surface area contributed by atoms with Crippen LogP contribution in [0.1, 0.15) is 50.8 Å². The van der Waals surface area contributed by atoms with Crippen molar-refractivity contribution < 1.29 is 23.2 Å². The predicted octanol–water partition coefficient (Wildman–Crippen LogP) is 3.61. The van der Waals surface area contributed by atoms with Crippen LogP contribution < -0.4 is 5.32 Å². The Kier molecular flexibility index (Phi) is 4.79. The highest BCUT2D eigenvalue weighted by atomic mass is 19.1. The first kappa shape index (κ1) is 17.7. The number of nitrogens with one attached hydrogen (secondary N) is 1. The van der Waals surface area contributed by atoms with E-state index in [2.05, 4.69) is 5.32 Å². The van der Waals surface area contributed by atoms with Crippen LogP contribution in [0.2, 0.25) is 0 Å². The lowest BCUT2D eigenvalue weighted by Gasteiger charge is -2.12. The lowest BCUT2D eigenvalue weighted by atomic mass is 10.1. The third-order valence-corrected chi connectivity index (χ3v) is 4.15. The van der Waals surface area contributed by atoms with Crippen molar-refractivity contribution in [1.29, 1.82) is 0 Å². The molecule has 1 heterocycles. The molecule has 0 spiro atoms. The van der Waals surface area contributed by atoms with Gasteiger partial charge in [-0.2, -0.15) is 0 Å². The summed E-state index contributed by atoms with van der Waals surface area (Å²) in [5, 5.41) is 2.33. The van der Waals surface area contributed by atoms with Gasteiger partial charge in [-0.1, -0.05) is 13.3 Å². The first-order chi connectivity index (χ1) is 12.4. The number of carbonyl (C=O) groups excluding carboxylic acids is 3. The molecule has 0 saturated heterocycles. The Balaban J connectivity index is 1.84. The number of anilines is 1. The molecular formula is C19H16F2N2O3. The van der Waals surface area contributed by atoms with Crippen LogP contribution in [0, 0.1) is 11.6 Å². The van der Waals surface area contributed by atoms with Crippen LogP contribution >= 0.6 is 0 Å². The molecule has 0 unspecified atom stereocenters. The normalized spacial score (nSPS) is 13.1.